The minimum Gasteiger partial charge on any atom is -0.399 e. The highest BCUT2D eigenvalue weighted by atomic mass is 35.5. The van der Waals surface area contributed by atoms with Crippen LogP contribution >= 0.6 is 59.3 Å². The standard InChI is InChI=1S/3C13H17NS.C7H12ClN.C6H7N.C4H12B2.3C3H8.3C2H6.ClH/c3*1-2-4-12(5-3-1)15-13-10-14-8-6-11(13)7-9-14;8-7-5-9-3-1-6(7)2-4-9;7-6-4-2-1-3-5-6;1-5(2)6(3)4;3*1-3-2;3*1-2;/h3*1-5,11,13H,6-10H2;6-7H,1-5H2;1-5H,7H2;1-4H3;3*3H2,1-2H3;3*1-2H3;1H/t3*13-;;;;;;;;;;/m000........../s1. The van der Waals surface area contributed by atoms with Crippen LogP contribution in [0.5, 0.6) is 0 Å². The highest BCUT2D eigenvalue weighted by Gasteiger charge is 2.37. The molecule has 5 nitrogen and oxygen atoms in total. The predicted molar refractivity (Wildman–Crippen MR) is 390 cm³/mol. The van der Waals surface area contributed by atoms with Crippen molar-refractivity contribution in [3.05, 3.63) is 121 Å². The third-order valence-electron chi connectivity index (χ3n) is 15.6. The maximum absolute atomic E-state index is 6.07. The summed E-state index contributed by atoms with van der Waals surface area (Å²) in [5.41, 5.74) is 6.18. The molecule has 12 saturated heterocycles. The van der Waals surface area contributed by atoms with Crippen LogP contribution < -0.4 is 5.73 Å². The summed E-state index contributed by atoms with van der Waals surface area (Å²) in [4.78, 5) is 14.7. The van der Waals surface area contributed by atoms with Gasteiger partial charge in [-0.2, -0.15) is 0 Å². The van der Waals surface area contributed by atoms with Crippen LogP contribution in [0.2, 0.25) is 27.3 Å². The van der Waals surface area contributed by atoms with Gasteiger partial charge in [0.25, 0.3) is 0 Å². The second kappa shape index (κ2) is 52.2. The van der Waals surface area contributed by atoms with Crippen molar-refractivity contribution < 1.29 is 0 Å². The van der Waals surface area contributed by atoms with E-state index in [-0.39, 0.29) is 12.4 Å². The fraction of sp³-hybridized carbons (Fsp3) is 0.662. The van der Waals surface area contributed by atoms with Crippen LogP contribution in [-0.2, 0) is 0 Å². The molecule has 12 aliphatic heterocycles. The molecule has 83 heavy (non-hydrogen) atoms. The Morgan fingerprint density at radius 2 is 0.578 bits per heavy atom. The van der Waals surface area contributed by atoms with E-state index < -0.39 is 0 Å². The SMILES string of the molecule is CB(C)B(C)C.CC.CC.CC.CCC.CCC.CCC.Cl.ClC1CN2CCC1CC2.Nc1ccccc1.c1ccc(S[C@H]2CN3CCC2CC3)cc1.c1ccc(S[C@H]2CN3CCC2CC3)cc1.c1ccc(S[C@H]2CN3CCC2CC3)cc1. The lowest BCUT2D eigenvalue weighted by atomic mass is 9.12. The van der Waals surface area contributed by atoms with Crippen LogP contribution in [0.3, 0.4) is 0 Å². The van der Waals surface area contributed by atoms with E-state index in [0.29, 0.717) is 5.38 Å². The average Bonchev–Trinajstić information content (AvgIpc) is 3.61. The fourth-order valence-corrected chi connectivity index (χ4v) is 15.2. The van der Waals surface area contributed by atoms with Crippen molar-refractivity contribution in [1.82, 2.24) is 19.6 Å². The van der Waals surface area contributed by atoms with Gasteiger partial charge in [-0.15, -0.1) is 59.3 Å². The van der Waals surface area contributed by atoms with E-state index >= 15 is 0 Å². The van der Waals surface area contributed by atoms with E-state index in [1.54, 1.807) is 0 Å². The molecule has 1 unspecified atom stereocenters. The lowest BCUT2D eigenvalue weighted by molar-refractivity contribution is 0.116. The lowest BCUT2D eigenvalue weighted by Crippen LogP contribution is -2.48. The number of piperidine rings is 12. The van der Waals surface area contributed by atoms with Gasteiger partial charge in [0, 0.05) is 67.7 Å². The number of nitrogen functional groups attached to an aromatic ring is 1. The molecule has 16 rings (SSSR count). The number of alkyl halides is 1. The number of benzene rings is 4. The van der Waals surface area contributed by atoms with Gasteiger partial charge in [-0.1, -0.05) is 202 Å². The van der Waals surface area contributed by atoms with Gasteiger partial charge in [0.1, 0.15) is 13.2 Å². The molecule has 0 spiro atoms. The van der Waals surface area contributed by atoms with Crippen molar-refractivity contribution in [2.75, 3.05) is 84.3 Å². The van der Waals surface area contributed by atoms with Crippen LogP contribution in [0.4, 0.5) is 5.69 Å². The van der Waals surface area contributed by atoms with Crippen LogP contribution in [0.25, 0.3) is 0 Å². The Kier molecular flexibility index (Phi) is 51.2. The second-order valence-corrected chi connectivity index (χ2v) is 27.5. The molecule has 0 radical (unpaired) electrons. The van der Waals surface area contributed by atoms with E-state index in [2.05, 4.69) is 215 Å². The first-order valence-corrected chi connectivity index (χ1v) is 36.5. The summed E-state index contributed by atoms with van der Waals surface area (Å²) in [5.74, 6) is 3.76. The number of hydrogen-bond acceptors (Lipinski definition) is 8. The zero-order valence-corrected chi connectivity index (χ0v) is 60.0. The fourth-order valence-electron chi connectivity index (χ4n) is 10.5. The van der Waals surface area contributed by atoms with Crippen molar-refractivity contribution >= 4 is 78.2 Å². The van der Waals surface area contributed by atoms with Crippen molar-refractivity contribution in [3.63, 3.8) is 0 Å². The van der Waals surface area contributed by atoms with Crippen LogP contribution in [0.15, 0.2) is 136 Å². The number of para-hydroxylation sites is 1. The first kappa shape index (κ1) is 81.3. The maximum atomic E-state index is 6.07. The molecule has 12 heteroatoms. The van der Waals surface area contributed by atoms with E-state index in [1.807, 2.05) is 71.9 Å². The zero-order chi connectivity index (χ0) is 60.9. The maximum Gasteiger partial charge on any atom is 0.102 e. The minimum atomic E-state index is 0. The molecule has 0 aromatic heterocycles. The molecule has 4 aromatic carbocycles. The first-order chi connectivity index (χ1) is 39.9. The van der Waals surface area contributed by atoms with E-state index in [0.717, 1.165) is 64.9 Å². The summed E-state index contributed by atoms with van der Waals surface area (Å²) in [5, 5.41) is 2.99. The van der Waals surface area contributed by atoms with E-state index in [9.17, 15) is 0 Å². The van der Waals surface area contributed by atoms with Crippen molar-refractivity contribution in [2.45, 2.75) is 217 Å². The number of thioether (sulfide) groups is 3. The Balaban J connectivity index is 0.000000946. The second-order valence-electron chi connectivity index (χ2n) is 23.0. The molecule has 8 bridgehead atoms. The number of rotatable bonds is 7. The molecule has 2 N–H and O–H groups in total. The monoisotopic (exact) mass is 1240 g/mol. The van der Waals surface area contributed by atoms with Crippen molar-refractivity contribution in [3.8, 4) is 0 Å². The molecular weight excluding hydrogens is 1110 g/mol. The summed E-state index contributed by atoms with van der Waals surface area (Å²) in [6.07, 6.45) is 15.0. The van der Waals surface area contributed by atoms with Gasteiger partial charge in [0.2, 0.25) is 0 Å². The highest BCUT2D eigenvalue weighted by molar-refractivity contribution is 8.00. The van der Waals surface area contributed by atoms with Crippen LogP contribution in [-0.4, -0.2) is 132 Å². The number of hydrogen-bond donors (Lipinski definition) is 1. The van der Waals surface area contributed by atoms with Crippen molar-refractivity contribution in [1.29, 1.82) is 0 Å². The Morgan fingerprint density at radius 3 is 0.711 bits per heavy atom. The summed E-state index contributed by atoms with van der Waals surface area (Å²) >= 11 is 12.3. The predicted octanol–water partition coefficient (Wildman–Crippen LogP) is 20.5. The van der Waals surface area contributed by atoms with Crippen molar-refractivity contribution in [2.24, 2.45) is 23.7 Å². The number of halogens is 2. The Morgan fingerprint density at radius 1 is 0.373 bits per heavy atom. The minimum absolute atomic E-state index is 0. The molecule has 4 aromatic rings. The Labute approximate surface area is 540 Å². The Hall–Kier alpha value is -1.72. The first-order valence-electron chi connectivity index (χ1n) is 33.4. The third-order valence-corrected chi connectivity index (χ3v) is 20.2. The molecule has 472 valence electrons. The highest BCUT2D eigenvalue weighted by Crippen LogP contribution is 2.41. The number of fused-ring (bicyclic) bond motifs is 12. The summed E-state index contributed by atoms with van der Waals surface area (Å²) in [6.45, 7) is 51.2. The summed E-state index contributed by atoms with van der Waals surface area (Å²) < 4.78 is 0. The van der Waals surface area contributed by atoms with Crippen LogP contribution in [0.1, 0.15) is 154 Å². The van der Waals surface area contributed by atoms with Gasteiger partial charge in [0.15, 0.2) is 0 Å². The van der Waals surface area contributed by atoms with Gasteiger partial charge in [0.05, 0.1) is 0 Å². The van der Waals surface area contributed by atoms with E-state index in [1.165, 1.54) is 157 Å². The van der Waals surface area contributed by atoms with Gasteiger partial charge in [-0.25, -0.2) is 0 Å². The third kappa shape index (κ3) is 35.2. The molecule has 0 aliphatic carbocycles. The molecular formula is C71H125B2Cl2N5S3. The smallest absolute Gasteiger partial charge is 0.102 e. The quantitative estimate of drug-likeness (QED) is 0.112. The summed E-state index contributed by atoms with van der Waals surface area (Å²) in [7, 11) is 0. The average molecular weight is 1240 g/mol. The molecule has 12 heterocycles. The topological polar surface area (TPSA) is 39.0 Å². The van der Waals surface area contributed by atoms with Gasteiger partial charge in [-0.3, -0.25) is 0 Å². The summed E-state index contributed by atoms with van der Waals surface area (Å²) in [6, 6.07) is 42.1. The lowest BCUT2D eigenvalue weighted by Gasteiger charge is -2.44. The Bertz CT molecular complexity index is 1800. The largest absolute Gasteiger partial charge is 0.399 e. The number of nitrogens with two attached hydrogens (primary N) is 1. The van der Waals surface area contributed by atoms with Crippen LogP contribution in [0, 0.1) is 23.7 Å². The molecule has 4 atom stereocenters. The normalized spacial score (nSPS) is 26.1. The number of anilines is 1. The zero-order valence-electron chi connectivity index (χ0n) is 56.0. The van der Waals surface area contributed by atoms with Gasteiger partial charge in [-0.05, 0) is 176 Å². The molecule has 0 saturated carbocycles. The molecule has 12 aliphatic rings. The number of nitrogens with zero attached hydrogens (tertiary/aromatic N) is 4. The van der Waals surface area contributed by atoms with Gasteiger partial charge >= 0.3 is 0 Å². The van der Waals surface area contributed by atoms with E-state index in [4.69, 9.17) is 17.3 Å². The molecule has 0 amide bonds. The van der Waals surface area contributed by atoms with Gasteiger partial charge < -0.3 is 25.3 Å². The molecule has 12 fully saturated rings.